The van der Waals surface area contributed by atoms with Gasteiger partial charge in [0.1, 0.15) is 0 Å². The Kier molecular flexibility index (Phi) is 4.28. The average Bonchev–Trinajstić information content (AvgIpc) is 2.96. The summed E-state index contributed by atoms with van der Waals surface area (Å²) >= 11 is 1.26. The first-order valence-electron chi connectivity index (χ1n) is 7.69. The van der Waals surface area contributed by atoms with Gasteiger partial charge < -0.3 is 0 Å². The maximum Gasteiger partial charge on any atom is 0.243 e. The maximum atomic E-state index is 12.4. The number of rotatable bonds is 3. The van der Waals surface area contributed by atoms with Crippen molar-refractivity contribution >= 4 is 29.1 Å². The number of carbonyl (C=O) groups is 2. The van der Waals surface area contributed by atoms with Gasteiger partial charge in [-0.2, -0.15) is 0 Å². The van der Waals surface area contributed by atoms with Crippen molar-refractivity contribution in [1.29, 1.82) is 0 Å². The van der Waals surface area contributed by atoms with Gasteiger partial charge in [-0.3, -0.25) is 9.59 Å². The van der Waals surface area contributed by atoms with Gasteiger partial charge >= 0.3 is 0 Å². The number of Topliss-reactive ketones (excluding diaryl/α,β-unsaturated/α-hetero) is 1. The molecule has 0 N–H and O–H groups in total. The van der Waals surface area contributed by atoms with E-state index in [1.165, 1.54) is 30.6 Å². The molecule has 2 aromatic rings. The van der Waals surface area contributed by atoms with E-state index in [4.69, 9.17) is 0 Å². The number of aryl methyl sites for hydroxylation is 2. The van der Waals surface area contributed by atoms with Crippen molar-refractivity contribution in [3.05, 3.63) is 46.1 Å². The number of thioether (sulfide) groups is 1. The van der Waals surface area contributed by atoms with Crippen LogP contribution in [0.4, 0.5) is 0 Å². The van der Waals surface area contributed by atoms with E-state index < -0.39 is 0 Å². The van der Waals surface area contributed by atoms with E-state index in [-0.39, 0.29) is 11.7 Å². The Morgan fingerprint density at radius 2 is 1.79 bits per heavy atom. The number of benzene rings is 1. The van der Waals surface area contributed by atoms with Crippen LogP contribution in [-0.4, -0.2) is 26.6 Å². The maximum absolute atomic E-state index is 12.4. The molecule has 1 aliphatic rings. The average molecular weight is 342 g/mol. The van der Waals surface area contributed by atoms with Gasteiger partial charge in [0.2, 0.25) is 11.1 Å². The number of hydrogen-bond acceptors (Lipinski definition) is 5. The van der Waals surface area contributed by atoms with Crippen molar-refractivity contribution in [2.24, 2.45) is 0 Å². The Balaban J connectivity index is 2.28. The predicted octanol–water partition coefficient (Wildman–Crippen LogP) is 2.70. The lowest BCUT2D eigenvalue weighted by Gasteiger charge is -2.32. The lowest BCUT2D eigenvalue weighted by molar-refractivity contribution is -0.117. The summed E-state index contributed by atoms with van der Waals surface area (Å²) in [4.78, 5) is 25.2. The van der Waals surface area contributed by atoms with Gasteiger partial charge in [0.15, 0.2) is 11.6 Å². The highest BCUT2D eigenvalue weighted by molar-refractivity contribution is 8.04. The molecule has 3 rings (SSSR count). The quantitative estimate of drug-likeness (QED) is 0.858. The van der Waals surface area contributed by atoms with Crippen LogP contribution in [0.15, 0.2) is 34.3 Å². The standard InChI is InChI=1S/C17H18N4O2S/c1-5-14-18-19-17-21(14)20(12(4)23)15(16(24-17)11(3)22)13-8-6-10(2)7-9-13/h6-9H,5H2,1-4H3. The first-order valence-corrected chi connectivity index (χ1v) is 8.51. The Morgan fingerprint density at radius 3 is 2.33 bits per heavy atom. The topological polar surface area (TPSA) is 68.1 Å². The molecule has 0 saturated carbocycles. The summed E-state index contributed by atoms with van der Waals surface area (Å²) in [5.41, 5.74) is 2.51. The summed E-state index contributed by atoms with van der Waals surface area (Å²) < 4.78 is 1.70. The molecule has 0 saturated heterocycles. The van der Waals surface area contributed by atoms with Crippen LogP contribution in [0.3, 0.4) is 0 Å². The highest BCUT2D eigenvalue weighted by Gasteiger charge is 2.34. The molecular weight excluding hydrogens is 324 g/mol. The van der Waals surface area contributed by atoms with E-state index in [1.54, 1.807) is 4.68 Å². The molecule has 1 aromatic carbocycles. The van der Waals surface area contributed by atoms with Gasteiger partial charge in [-0.25, -0.2) is 9.69 Å². The lowest BCUT2D eigenvalue weighted by atomic mass is 10.1. The first-order chi connectivity index (χ1) is 11.4. The second kappa shape index (κ2) is 6.24. The number of aromatic nitrogens is 3. The van der Waals surface area contributed by atoms with Crippen molar-refractivity contribution in [1.82, 2.24) is 14.9 Å². The number of carbonyl (C=O) groups excluding carboxylic acids is 2. The number of nitrogens with zero attached hydrogens (tertiary/aromatic N) is 4. The summed E-state index contributed by atoms with van der Waals surface area (Å²) in [6, 6.07) is 7.77. The first kappa shape index (κ1) is 16.4. The fourth-order valence-electron chi connectivity index (χ4n) is 2.62. The molecule has 7 heteroatoms. The third kappa shape index (κ3) is 2.65. The molecule has 0 bridgehead atoms. The van der Waals surface area contributed by atoms with Crippen LogP contribution in [0.5, 0.6) is 0 Å². The van der Waals surface area contributed by atoms with E-state index in [9.17, 15) is 9.59 Å². The zero-order valence-electron chi connectivity index (χ0n) is 14.0. The molecule has 6 nitrogen and oxygen atoms in total. The van der Waals surface area contributed by atoms with Gasteiger partial charge in [-0.15, -0.1) is 10.2 Å². The summed E-state index contributed by atoms with van der Waals surface area (Å²) in [5.74, 6) is 0.384. The second-order valence-electron chi connectivity index (χ2n) is 5.60. The number of amides is 1. The van der Waals surface area contributed by atoms with Crippen LogP contribution in [0, 0.1) is 6.92 Å². The SMILES string of the molecule is CCc1nnc2n1N(C(C)=O)C(c1ccc(C)cc1)=C(C(C)=O)S2. The zero-order chi connectivity index (χ0) is 17.4. The van der Waals surface area contributed by atoms with Crippen LogP contribution < -0.4 is 5.01 Å². The minimum Gasteiger partial charge on any atom is -0.294 e. The smallest absolute Gasteiger partial charge is 0.243 e. The third-order valence-corrected chi connectivity index (χ3v) is 4.88. The van der Waals surface area contributed by atoms with Crippen molar-refractivity contribution in [3.8, 4) is 0 Å². The predicted molar refractivity (Wildman–Crippen MR) is 92.9 cm³/mol. The summed E-state index contributed by atoms with van der Waals surface area (Å²) in [7, 11) is 0. The molecule has 0 aliphatic carbocycles. The molecule has 0 spiro atoms. The fraction of sp³-hybridized carbons (Fsp3) is 0.294. The summed E-state index contributed by atoms with van der Waals surface area (Å²) in [6.45, 7) is 6.93. The van der Waals surface area contributed by atoms with Crippen LogP contribution in [-0.2, 0) is 16.0 Å². The van der Waals surface area contributed by atoms with E-state index in [0.717, 1.165) is 11.1 Å². The molecule has 0 unspecified atom stereocenters. The van der Waals surface area contributed by atoms with E-state index >= 15 is 0 Å². The van der Waals surface area contributed by atoms with Gasteiger partial charge in [-0.1, -0.05) is 36.8 Å². The van der Waals surface area contributed by atoms with Crippen LogP contribution >= 0.6 is 11.8 Å². The van der Waals surface area contributed by atoms with Gasteiger partial charge in [-0.05, 0) is 25.6 Å². The molecule has 1 amide bonds. The Bertz CT molecular complexity index is 852. The summed E-state index contributed by atoms with van der Waals surface area (Å²) in [6.07, 6.45) is 0.633. The molecule has 1 aromatic heterocycles. The number of hydrogen-bond donors (Lipinski definition) is 0. The second-order valence-corrected chi connectivity index (χ2v) is 6.57. The van der Waals surface area contributed by atoms with Crippen LogP contribution in [0.25, 0.3) is 5.70 Å². The normalized spacial score (nSPS) is 13.9. The van der Waals surface area contributed by atoms with Crippen LogP contribution in [0.2, 0.25) is 0 Å². The molecule has 0 radical (unpaired) electrons. The molecule has 0 atom stereocenters. The largest absolute Gasteiger partial charge is 0.294 e. The van der Waals surface area contributed by atoms with Gasteiger partial charge in [0, 0.05) is 18.9 Å². The highest BCUT2D eigenvalue weighted by Crippen LogP contribution is 2.39. The van der Waals surface area contributed by atoms with E-state index in [2.05, 4.69) is 10.2 Å². The molecule has 124 valence electrons. The van der Waals surface area contributed by atoms with Crippen LogP contribution in [0.1, 0.15) is 37.7 Å². The fourth-order valence-corrected chi connectivity index (χ4v) is 3.60. The van der Waals surface area contributed by atoms with Gasteiger partial charge in [0.05, 0.1) is 10.6 Å². The molecule has 24 heavy (non-hydrogen) atoms. The number of ketones is 1. The molecule has 2 heterocycles. The Hall–Kier alpha value is -2.41. The molecular formula is C17H18N4O2S. The lowest BCUT2D eigenvalue weighted by Crippen LogP contribution is -2.41. The molecule has 1 aliphatic heterocycles. The molecule has 0 fully saturated rings. The zero-order valence-corrected chi connectivity index (χ0v) is 14.8. The third-order valence-electron chi connectivity index (χ3n) is 3.76. The number of allylic oxidation sites excluding steroid dienone is 1. The minimum atomic E-state index is -0.194. The van der Waals surface area contributed by atoms with Gasteiger partial charge in [0.25, 0.3) is 0 Å². The van der Waals surface area contributed by atoms with Crippen molar-refractivity contribution in [2.45, 2.75) is 39.3 Å². The Labute approximate surface area is 144 Å². The Morgan fingerprint density at radius 1 is 1.12 bits per heavy atom. The van der Waals surface area contributed by atoms with E-state index in [1.807, 2.05) is 38.1 Å². The number of fused-ring (bicyclic) bond motifs is 1. The van der Waals surface area contributed by atoms with Crippen molar-refractivity contribution in [3.63, 3.8) is 0 Å². The highest BCUT2D eigenvalue weighted by atomic mass is 32.2. The summed E-state index contributed by atoms with van der Waals surface area (Å²) in [5, 5.41) is 10.3. The monoisotopic (exact) mass is 342 g/mol. The van der Waals surface area contributed by atoms with Crippen molar-refractivity contribution in [2.75, 3.05) is 5.01 Å². The van der Waals surface area contributed by atoms with Crippen molar-refractivity contribution < 1.29 is 9.59 Å². The minimum absolute atomic E-state index is 0.103. The van der Waals surface area contributed by atoms with E-state index in [0.29, 0.717) is 28.0 Å².